The van der Waals surface area contributed by atoms with Crippen LogP contribution in [0.4, 0.5) is 5.69 Å². The number of benzene rings is 2. The Bertz CT molecular complexity index is 922. The average molecular weight is 386 g/mol. The maximum atomic E-state index is 12.3. The molecule has 1 fully saturated rings. The van der Waals surface area contributed by atoms with Gasteiger partial charge in [-0.25, -0.2) is 0 Å². The van der Waals surface area contributed by atoms with Crippen LogP contribution in [0.5, 0.6) is 0 Å². The third-order valence-electron chi connectivity index (χ3n) is 5.34. The summed E-state index contributed by atoms with van der Waals surface area (Å²) < 4.78 is 0. The Balaban J connectivity index is 1.34. The highest BCUT2D eigenvalue weighted by atomic mass is 16.1. The molecule has 1 aliphatic heterocycles. The van der Waals surface area contributed by atoms with Crippen LogP contribution in [-0.4, -0.2) is 42.0 Å². The van der Waals surface area contributed by atoms with Crippen molar-refractivity contribution in [1.29, 1.82) is 0 Å². The van der Waals surface area contributed by atoms with E-state index in [0.29, 0.717) is 12.2 Å². The molecule has 1 saturated heterocycles. The van der Waals surface area contributed by atoms with Gasteiger partial charge in [-0.3, -0.25) is 14.7 Å². The van der Waals surface area contributed by atoms with Crippen molar-refractivity contribution in [2.45, 2.75) is 13.1 Å². The Morgan fingerprint density at radius 1 is 0.828 bits per heavy atom. The molecular formula is C24H26N4O. The number of nitrogens with zero attached hydrogens (tertiary/aromatic N) is 3. The van der Waals surface area contributed by atoms with Crippen LogP contribution in [0.1, 0.15) is 21.6 Å². The maximum absolute atomic E-state index is 12.3. The lowest BCUT2D eigenvalue weighted by molar-refractivity contribution is 0.0945. The fraction of sp³-hybridized carbons (Fsp3) is 0.250. The minimum atomic E-state index is -0.142. The van der Waals surface area contributed by atoms with Crippen molar-refractivity contribution in [2.24, 2.45) is 0 Å². The van der Waals surface area contributed by atoms with Gasteiger partial charge in [0.1, 0.15) is 5.69 Å². The van der Waals surface area contributed by atoms with Gasteiger partial charge in [0.2, 0.25) is 0 Å². The average Bonchev–Trinajstić information content (AvgIpc) is 2.80. The van der Waals surface area contributed by atoms with Crippen LogP contribution in [0.15, 0.2) is 79.0 Å². The van der Waals surface area contributed by atoms with Gasteiger partial charge in [-0.05, 0) is 35.4 Å². The van der Waals surface area contributed by atoms with Crippen LogP contribution in [0, 0.1) is 0 Å². The smallest absolute Gasteiger partial charge is 0.270 e. The van der Waals surface area contributed by atoms with Gasteiger partial charge in [-0.2, -0.15) is 0 Å². The molecule has 4 rings (SSSR count). The van der Waals surface area contributed by atoms with E-state index >= 15 is 0 Å². The Kier molecular flexibility index (Phi) is 6.17. The highest BCUT2D eigenvalue weighted by Crippen LogP contribution is 2.18. The van der Waals surface area contributed by atoms with E-state index in [1.165, 1.54) is 11.3 Å². The van der Waals surface area contributed by atoms with E-state index in [1.807, 2.05) is 18.2 Å². The summed E-state index contributed by atoms with van der Waals surface area (Å²) in [5.74, 6) is -0.142. The van der Waals surface area contributed by atoms with Gasteiger partial charge < -0.3 is 10.2 Å². The summed E-state index contributed by atoms with van der Waals surface area (Å²) in [5, 5.41) is 2.99. The first kappa shape index (κ1) is 19.2. The largest absolute Gasteiger partial charge is 0.369 e. The minimum absolute atomic E-state index is 0.142. The highest BCUT2D eigenvalue weighted by Gasteiger charge is 2.18. The first-order valence-corrected chi connectivity index (χ1v) is 10.1. The fourth-order valence-corrected chi connectivity index (χ4v) is 3.69. The van der Waals surface area contributed by atoms with E-state index in [1.54, 1.807) is 12.3 Å². The number of carbonyl (C=O) groups is 1. The molecule has 0 radical (unpaired) electrons. The molecule has 1 aromatic heterocycles. The summed E-state index contributed by atoms with van der Waals surface area (Å²) in [6, 6.07) is 24.3. The normalized spacial score (nSPS) is 14.6. The zero-order valence-corrected chi connectivity index (χ0v) is 16.5. The van der Waals surface area contributed by atoms with Crippen molar-refractivity contribution in [3.05, 3.63) is 95.8 Å². The van der Waals surface area contributed by atoms with Gasteiger partial charge in [0.05, 0.1) is 0 Å². The summed E-state index contributed by atoms with van der Waals surface area (Å²) in [5.41, 5.74) is 4.16. The maximum Gasteiger partial charge on any atom is 0.270 e. The molecule has 1 N–H and O–H groups in total. The fourth-order valence-electron chi connectivity index (χ4n) is 3.69. The Labute approximate surface area is 172 Å². The Morgan fingerprint density at radius 3 is 2.24 bits per heavy atom. The van der Waals surface area contributed by atoms with Crippen LogP contribution < -0.4 is 10.2 Å². The topological polar surface area (TPSA) is 48.5 Å². The second-order valence-electron chi connectivity index (χ2n) is 7.27. The van der Waals surface area contributed by atoms with Crippen LogP contribution in [0.25, 0.3) is 0 Å². The van der Waals surface area contributed by atoms with Gasteiger partial charge >= 0.3 is 0 Å². The van der Waals surface area contributed by atoms with E-state index in [0.717, 1.165) is 38.3 Å². The lowest BCUT2D eigenvalue weighted by atomic mass is 10.1. The third-order valence-corrected chi connectivity index (χ3v) is 5.34. The number of pyridine rings is 1. The van der Waals surface area contributed by atoms with Crippen molar-refractivity contribution < 1.29 is 4.79 Å². The monoisotopic (exact) mass is 386 g/mol. The number of carbonyl (C=O) groups excluding carboxylic acids is 1. The summed E-state index contributed by atoms with van der Waals surface area (Å²) in [7, 11) is 0. The standard InChI is InChI=1S/C24H26N4O/c29-24(23-12-6-7-13-25-23)26-18-20-8-4-5-9-21(20)19-27-14-16-28(17-15-27)22-10-2-1-3-11-22/h1-13H,14-19H2,(H,26,29). The second-order valence-corrected chi connectivity index (χ2v) is 7.27. The van der Waals surface area contributed by atoms with Gasteiger partial charge in [-0.15, -0.1) is 0 Å². The SMILES string of the molecule is O=C(NCc1ccccc1CN1CCN(c2ccccc2)CC1)c1ccccn1. The molecule has 2 heterocycles. The number of rotatable bonds is 6. The Morgan fingerprint density at radius 2 is 1.52 bits per heavy atom. The molecule has 2 aromatic carbocycles. The van der Waals surface area contributed by atoms with Gasteiger partial charge in [0.25, 0.3) is 5.91 Å². The molecular weight excluding hydrogens is 360 g/mol. The third kappa shape index (κ3) is 5.00. The number of anilines is 1. The lowest BCUT2D eigenvalue weighted by Crippen LogP contribution is -2.46. The second kappa shape index (κ2) is 9.34. The summed E-state index contributed by atoms with van der Waals surface area (Å²) in [6.07, 6.45) is 1.64. The molecule has 5 nitrogen and oxygen atoms in total. The molecule has 0 bridgehead atoms. The van der Waals surface area contributed by atoms with Crippen LogP contribution in [0.3, 0.4) is 0 Å². The molecule has 0 saturated carbocycles. The van der Waals surface area contributed by atoms with Crippen LogP contribution in [0.2, 0.25) is 0 Å². The van der Waals surface area contributed by atoms with Crippen LogP contribution >= 0.6 is 0 Å². The van der Waals surface area contributed by atoms with Gasteiger partial charge in [0.15, 0.2) is 0 Å². The van der Waals surface area contributed by atoms with E-state index in [9.17, 15) is 4.79 Å². The molecule has 29 heavy (non-hydrogen) atoms. The summed E-state index contributed by atoms with van der Waals surface area (Å²) in [6.45, 7) is 5.53. The molecule has 0 unspecified atom stereocenters. The summed E-state index contributed by atoms with van der Waals surface area (Å²) in [4.78, 5) is 21.3. The number of hydrogen-bond donors (Lipinski definition) is 1. The molecule has 5 heteroatoms. The number of hydrogen-bond acceptors (Lipinski definition) is 4. The molecule has 3 aromatic rings. The van der Waals surface area contributed by atoms with Crippen molar-refractivity contribution in [3.8, 4) is 0 Å². The van der Waals surface area contributed by atoms with Crippen molar-refractivity contribution >= 4 is 11.6 Å². The number of aromatic nitrogens is 1. The van der Waals surface area contributed by atoms with Crippen LogP contribution in [-0.2, 0) is 13.1 Å². The Hall–Kier alpha value is -3.18. The predicted molar refractivity (Wildman–Crippen MR) is 116 cm³/mol. The van der Waals surface area contributed by atoms with E-state index in [2.05, 4.69) is 68.6 Å². The quantitative estimate of drug-likeness (QED) is 0.706. The van der Waals surface area contributed by atoms with E-state index in [-0.39, 0.29) is 5.91 Å². The molecule has 0 atom stereocenters. The predicted octanol–water partition coefficient (Wildman–Crippen LogP) is 3.33. The van der Waals surface area contributed by atoms with Crippen molar-refractivity contribution in [1.82, 2.24) is 15.2 Å². The van der Waals surface area contributed by atoms with Crippen molar-refractivity contribution in [3.63, 3.8) is 0 Å². The van der Waals surface area contributed by atoms with Gasteiger partial charge in [0, 0.05) is 51.2 Å². The summed E-state index contributed by atoms with van der Waals surface area (Å²) >= 11 is 0. The highest BCUT2D eigenvalue weighted by molar-refractivity contribution is 5.92. The lowest BCUT2D eigenvalue weighted by Gasteiger charge is -2.36. The molecule has 1 aliphatic rings. The number of piperazine rings is 1. The molecule has 0 spiro atoms. The van der Waals surface area contributed by atoms with Crippen molar-refractivity contribution in [2.75, 3.05) is 31.1 Å². The zero-order valence-electron chi connectivity index (χ0n) is 16.5. The number of nitrogens with one attached hydrogen (secondary N) is 1. The first-order valence-electron chi connectivity index (χ1n) is 10.1. The van der Waals surface area contributed by atoms with E-state index < -0.39 is 0 Å². The molecule has 0 aliphatic carbocycles. The number of para-hydroxylation sites is 1. The molecule has 148 valence electrons. The first-order chi connectivity index (χ1) is 14.3. The van der Waals surface area contributed by atoms with Gasteiger partial charge in [-0.1, -0.05) is 48.5 Å². The number of amides is 1. The minimum Gasteiger partial charge on any atom is -0.369 e. The van der Waals surface area contributed by atoms with E-state index in [4.69, 9.17) is 0 Å². The zero-order chi connectivity index (χ0) is 19.9. The molecule has 1 amide bonds.